The maximum Gasteiger partial charge on any atom is 0.407 e. The minimum atomic E-state index is -0.992. The third kappa shape index (κ3) is 5.71. The molecule has 3 aliphatic rings. The zero-order valence-corrected chi connectivity index (χ0v) is 28.1. The number of piperazine rings is 1. The molecule has 13 heteroatoms. The van der Waals surface area contributed by atoms with Crippen molar-refractivity contribution < 1.29 is 14.7 Å². The molecule has 0 bridgehead atoms. The second-order valence-corrected chi connectivity index (χ2v) is 14.5. The highest BCUT2D eigenvalue weighted by Crippen LogP contribution is 2.45. The van der Waals surface area contributed by atoms with Gasteiger partial charge in [0.15, 0.2) is 0 Å². The first kappa shape index (κ1) is 32.1. The molecule has 0 radical (unpaired) electrons. The minimum absolute atomic E-state index is 0.000709. The van der Waals surface area contributed by atoms with Crippen molar-refractivity contribution in [2.45, 2.75) is 45.1 Å². The number of hydrazone groups is 1. The van der Waals surface area contributed by atoms with Crippen LogP contribution >= 0.6 is 0 Å². The zero-order chi connectivity index (χ0) is 34.5. The van der Waals surface area contributed by atoms with Gasteiger partial charge in [0.1, 0.15) is 23.0 Å². The number of rotatable bonds is 5. The van der Waals surface area contributed by atoms with Crippen molar-refractivity contribution in [1.29, 1.82) is 5.26 Å². The van der Waals surface area contributed by atoms with E-state index in [1.807, 2.05) is 80.5 Å². The SMILES string of the molecule is CC1(c2cn3ncc(C#N)c3c(-c3ccc(N4CCN(C(=O)C5C(c6ccccc6)CN(C(=O)O)C5C(C)(C)C)CC4)nc3)n2)C=NNC1. The molecule has 4 unspecified atom stereocenters. The molecule has 252 valence electrons. The number of carbonyl (C=O) groups is 2. The summed E-state index contributed by atoms with van der Waals surface area (Å²) in [5.41, 5.74) is 6.35. The van der Waals surface area contributed by atoms with E-state index in [1.165, 1.54) is 4.90 Å². The third-order valence-corrected chi connectivity index (χ3v) is 10.2. The molecule has 0 saturated carbocycles. The fourth-order valence-corrected chi connectivity index (χ4v) is 7.63. The summed E-state index contributed by atoms with van der Waals surface area (Å²) in [5, 5.41) is 28.6. The smallest absolute Gasteiger partial charge is 0.407 e. The summed E-state index contributed by atoms with van der Waals surface area (Å²) in [6, 6.07) is 15.5. The molecule has 7 rings (SSSR count). The molecule has 2 fully saturated rings. The predicted molar refractivity (Wildman–Crippen MR) is 184 cm³/mol. The van der Waals surface area contributed by atoms with Gasteiger partial charge in [-0.05, 0) is 30.0 Å². The van der Waals surface area contributed by atoms with E-state index in [4.69, 9.17) is 9.97 Å². The molecule has 2 N–H and O–H groups in total. The van der Waals surface area contributed by atoms with Gasteiger partial charge in [0.2, 0.25) is 5.91 Å². The molecule has 0 aliphatic carbocycles. The topological polar surface area (TPSA) is 155 Å². The molecule has 4 atom stereocenters. The van der Waals surface area contributed by atoms with Crippen LogP contribution < -0.4 is 10.3 Å². The van der Waals surface area contributed by atoms with Crippen LogP contribution in [0.2, 0.25) is 0 Å². The Morgan fingerprint density at radius 2 is 1.82 bits per heavy atom. The highest BCUT2D eigenvalue weighted by atomic mass is 16.4. The fourth-order valence-electron chi connectivity index (χ4n) is 7.63. The van der Waals surface area contributed by atoms with Gasteiger partial charge >= 0.3 is 6.09 Å². The zero-order valence-electron chi connectivity index (χ0n) is 28.1. The van der Waals surface area contributed by atoms with E-state index >= 15 is 0 Å². The number of hydrogen-bond donors (Lipinski definition) is 2. The Bertz CT molecular complexity index is 1950. The summed E-state index contributed by atoms with van der Waals surface area (Å²) in [6.07, 6.45) is 6.01. The number of carbonyl (C=O) groups excluding carboxylic acids is 1. The number of nitriles is 1. The standard InChI is InChI=1S/C36H40N10O3/c1-35(2,3)32-29(26(19-45(32)34(48)49)23-8-6-5-7-9-23)33(47)44-14-12-43(13-15-44)28-11-10-24(17-38-28)30-31-25(16-37)18-41-46(31)20-27(42-30)36(4)21-39-40-22-36/h5-11,17-18,20-21,26,29,32,40H,12-15,19,22H2,1-4H3,(H,48,49). The lowest BCUT2D eigenvalue weighted by Crippen LogP contribution is -2.55. The molecule has 0 spiro atoms. The number of pyridine rings is 1. The highest BCUT2D eigenvalue weighted by Gasteiger charge is 2.53. The third-order valence-electron chi connectivity index (χ3n) is 10.2. The normalized spacial score (nSPS) is 23.9. The molecule has 13 nitrogen and oxygen atoms in total. The average Bonchev–Trinajstić information content (AvgIpc) is 3.85. The van der Waals surface area contributed by atoms with E-state index in [2.05, 4.69) is 33.5 Å². The number of nitrogens with zero attached hydrogens (tertiary/aromatic N) is 9. The molecule has 2 saturated heterocycles. The van der Waals surface area contributed by atoms with Crippen LogP contribution in [0.15, 0.2) is 66.2 Å². The number of anilines is 1. The van der Waals surface area contributed by atoms with E-state index in [0.717, 1.165) is 22.6 Å². The molecule has 3 aliphatic heterocycles. The Morgan fingerprint density at radius 3 is 2.43 bits per heavy atom. The Balaban J connectivity index is 1.11. The average molecular weight is 661 g/mol. The van der Waals surface area contributed by atoms with Crippen LogP contribution in [0.4, 0.5) is 10.6 Å². The quantitative estimate of drug-likeness (QED) is 0.324. The number of benzene rings is 1. The van der Waals surface area contributed by atoms with Gasteiger partial charge < -0.3 is 25.2 Å². The summed E-state index contributed by atoms with van der Waals surface area (Å²) < 4.78 is 1.70. The van der Waals surface area contributed by atoms with Crippen LogP contribution in [0.5, 0.6) is 0 Å². The van der Waals surface area contributed by atoms with Gasteiger partial charge in [-0.1, -0.05) is 51.1 Å². The summed E-state index contributed by atoms with van der Waals surface area (Å²) >= 11 is 0. The number of likely N-dealkylation sites (tertiary alicyclic amines) is 1. The van der Waals surface area contributed by atoms with Gasteiger partial charge in [-0.15, -0.1) is 0 Å². The summed E-state index contributed by atoms with van der Waals surface area (Å²) in [5.74, 6) is 0.0690. The van der Waals surface area contributed by atoms with Gasteiger partial charge in [-0.2, -0.15) is 15.5 Å². The van der Waals surface area contributed by atoms with Crippen molar-refractivity contribution in [3.63, 3.8) is 0 Å². The first-order valence-corrected chi connectivity index (χ1v) is 16.6. The van der Waals surface area contributed by atoms with E-state index in [1.54, 1.807) is 16.9 Å². The second-order valence-electron chi connectivity index (χ2n) is 14.5. The van der Waals surface area contributed by atoms with Crippen molar-refractivity contribution in [2.24, 2.45) is 16.4 Å². The van der Waals surface area contributed by atoms with Crippen LogP contribution in [-0.2, 0) is 10.2 Å². The molecule has 1 aromatic carbocycles. The minimum Gasteiger partial charge on any atom is -0.465 e. The maximum absolute atomic E-state index is 14.4. The number of amides is 2. The largest absolute Gasteiger partial charge is 0.465 e. The van der Waals surface area contributed by atoms with E-state index in [-0.39, 0.29) is 18.4 Å². The summed E-state index contributed by atoms with van der Waals surface area (Å²) in [4.78, 5) is 42.1. The lowest BCUT2D eigenvalue weighted by Gasteiger charge is -2.41. The summed E-state index contributed by atoms with van der Waals surface area (Å²) in [6.45, 7) is 11.2. The number of fused-ring (bicyclic) bond motifs is 1. The molecule has 6 heterocycles. The lowest BCUT2D eigenvalue weighted by molar-refractivity contribution is -0.138. The Morgan fingerprint density at radius 1 is 1.06 bits per heavy atom. The van der Waals surface area contributed by atoms with E-state index in [9.17, 15) is 20.0 Å². The number of aromatic nitrogens is 4. The van der Waals surface area contributed by atoms with Crippen molar-refractivity contribution in [3.8, 4) is 17.3 Å². The molecule has 2 amide bonds. The number of nitrogens with one attached hydrogen (secondary N) is 1. The van der Waals surface area contributed by atoms with Crippen molar-refractivity contribution in [3.05, 3.63) is 77.9 Å². The first-order valence-electron chi connectivity index (χ1n) is 16.6. The van der Waals surface area contributed by atoms with E-state index in [0.29, 0.717) is 49.5 Å². The number of carboxylic acid groups (broad SMARTS) is 1. The van der Waals surface area contributed by atoms with Crippen LogP contribution in [0.25, 0.3) is 16.8 Å². The highest BCUT2D eigenvalue weighted by molar-refractivity contribution is 5.84. The Hall–Kier alpha value is -5.51. The summed E-state index contributed by atoms with van der Waals surface area (Å²) in [7, 11) is 0. The van der Waals surface area contributed by atoms with Gasteiger partial charge in [-0.3, -0.25) is 4.79 Å². The Labute approximate surface area is 284 Å². The fraction of sp³-hybridized carbons (Fsp3) is 0.417. The van der Waals surface area contributed by atoms with Crippen molar-refractivity contribution in [2.75, 3.05) is 44.2 Å². The monoisotopic (exact) mass is 660 g/mol. The number of hydrogen-bond acceptors (Lipinski definition) is 9. The molecular weight excluding hydrogens is 620 g/mol. The second kappa shape index (κ2) is 12.2. The Kier molecular flexibility index (Phi) is 7.97. The van der Waals surface area contributed by atoms with Gasteiger partial charge in [0.25, 0.3) is 0 Å². The van der Waals surface area contributed by atoms with E-state index < -0.39 is 28.9 Å². The van der Waals surface area contributed by atoms with Crippen LogP contribution in [0.3, 0.4) is 0 Å². The van der Waals surface area contributed by atoms with Gasteiger partial charge in [-0.25, -0.2) is 19.3 Å². The predicted octanol–water partition coefficient (Wildman–Crippen LogP) is 3.97. The maximum atomic E-state index is 14.4. The molecule has 49 heavy (non-hydrogen) atoms. The first-order chi connectivity index (χ1) is 23.5. The molecular formula is C36H40N10O3. The van der Waals surface area contributed by atoms with Gasteiger partial charge in [0.05, 0.1) is 41.2 Å². The lowest BCUT2D eigenvalue weighted by atomic mass is 9.74. The van der Waals surface area contributed by atoms with Gasteiger partial charge in [0, 0.05) is 63.2 Å². The van der Waals surface area contributed by atoms with Crippen LogP contribution in [-0.4, -0.2) is 98.0 Å². The van der Waals surface area contributed by atoms with Crippen molar-refractivity contribution >= 4 is 29.5 Å². The van der Waals surface area contributed by atoms with Crippen LogP contribution in [0.1, 0.15) is 50.4 Å². The molecule has 3 aromatic heterocycles. The van der Waals surface area contributed by atoms with Crippen LogP contribution in [0, 0.1) is 22.7 Å². The molecule has 4 aromatic rings. The van der Waals surface area contributed by atoms with Crippen molar-refractivity contribution in [1.82, 2.24) is 34.8 Å².